The lowest BCUT2D eigenvalue weighted by Crippen LogP contribution is -2.62. The lowest BCUT2D eigenvalue weighted by molar-refractivity contribution is -0.138. The largest absolute Gasteiger partial charge is 0.417 e. The molecule has 0 aromatic heterocycles. The van der Waals surface area contributed by atoms with Gasteiger partial charge in [-0.2, -0.15) is 26.3 Å². The van der Waals surface area contributed by atoms with E-state index in [9.17, 15) is 34.8 Å². The smallest absolute Gasteiger partial charge is 0.376 e. The molecule has 0 radical (unpaired) electrons. The van der Waals surface area contributed by atoms with Crippen LogP contribution in [0.1, 0.15) is 22.3 Å². The maximum atomic E-state index is 13.9. The summed E-state index contributed by atoms with van der Waals surface area (Å²) in [5.41, 5.74) is 4.47. The Morgan fingerprint density at radius 2 is 1.63 bits per heavy atom. The minimum absolute atomic E-state index is 0.128. The summed E-state index contributed by atoms with van der Waals surface area (Å²) in [6.45, 7) is 1.02. The fourth-order valence-corrected chi connectivity index (χ4v) is 7.18. The van der Waals surface area contributed by atoms with Crippen LogP contribution in [0.2, 0.25) is 5.02 Å². The number of sulfonamides is 1. The summed E-state index contributed by atoms with van der Waals surface area (Å²) in [6, 6.07) is 11.1. The zero-order chi connectivity index (χ0) is 31.3. The van der Waals surface area contributed by atoms with Gasteiger partial charge < -0.3 is 15.5 Å². The van der Waals surface area contributed by atoms with Crippen LogP contribution >= 0.6 is 23.8 Å². The molecule has 43 heavy (non-hydrogen) atoms. The zero-order valence-corrected chi connectivity index (χ0v) is 24.4. The molecule has 1 fully saturated rings. The van der Waals surface area contributed by atoms with Crippen LogP contribution in [-0.4, -0.2) is 50.7 Å². The van der Waals surface area contributed by atoms with E-state index in [0.717, 1.165) is 28.6 Å². The highest BCUT2D eigenvalue weighted by molar-refractivity contribution is 7.92. The fraction of sp³-hybridized carbons (Fsp3) is 0.250. The maximum Gasteiger partial charge on any atom is 0.417 e. The molecule has 15 heteroatoms. The van der Waals surface area contributed by atoms with Crippen molar-refractivity contribution in [3.63, 3.8) is 0 Å². The van der Waals surface area contributed by atoms with Crippen LogP contribution < -0.4 is 14.9 Å². The van der Waals surface area contributed by atoms with Crippen molar-refractivity contribution >= 4 is 62.5 Å². The second-order valence-electron chi connectivity index (χ2n) is 9.97. The molecule has 6 nitrogen and oxygen atoms in total. The normalized spacial score (nSPS) is 17.7. The Morgan fingerprint density at radius 1 is 0.907 bits per heavy atom. The van der Waals surface area contributed by atoms with Gasteiger partial charge in [0.1, 0.15) is 0 Å². The van der Waals surface area contributed by atoms with Crippen LogP contribution in [0.3, 0.4) is 0 Å². The van der Waals surface area contributed by atoms with Crippen LogP contribution in [0, 0.1) is 0 Å². The number of rotatable bonds is 4. The van der Waals surface area contributed by atoms with E-state index in [4.69, 9.17) is 29.6 Å². The van der Waals surface area contributed by atoms with Gasteiger partial charge in [-0.05, 0) is 60.2 Å². The molecule has 0 aliphatic carbocycles. The number of halogens is 7. The molecule has 5 rings (SSSR count). The Kier molecular flexibility index (Phi) is 8.07. The van der Waals surface area contributed by atoms with Crippen molar-refractivity contribution in [3.8, 4) is 0 Å². The number of nitrogens with two attached hydrogens (primary N) is 1. The first-order valence-corrected chi connectivity index (χ1v) is 15.0. The molecule has 0 saturated carbocycles. The molecule has 3 aromatic carbocycles. The third kappa shape index (κ3) is 6.13. The molecular weight excluding hydrogens is 638 g/mol. The molecule has 0 amide bonds. The number of piperazine rings is 1. The Morgan fingerprint density at radius 3 is 2.30 bits per heavy atom. The number of thiocarbonyl (C=S) groups is 1. The molecule has 228 valence electrons. The van der Waals surface area contributed by atoms with Gasteiger partial charge in [-0.1, -0.05) is 42.0 Å². The zero-order valence-electron chi connectivity index (χ0n) is 22.0. The monoisotopic (exact) mass is 660 g/mol. The van der Waals surface area contributed by atoms with Crippen molar-refractivity contribution in [1.82, 2.24) is 4.90 Å². The molecule has 2 aliphatic rings. The molecule has 0 bridgehead atoms. The van der Waals surface area contributed by atoms with Crippen molar-refractivity contribution in [2.24, 2.45) is 5.73 Å². The van der Waals surface area contributed by atoms with Gasteiger partial charge in [-0.3, -0.25) is 4.31 Å². The van der Waals surface area contributed by atoms with Crippen molar-refractivity contribution in [2.45, 2.75) is 23.3 Å². The van der Waals surface area contributed by atoms with Gasteiger partial charge in [0.25, 0.3) is 10.0 Å². The summed E-state index contributed by atoms with van der Waals surface area (Å²) in [7, 11) is -4.53. The quantitative estimate of drug-likeness (QED) is 0.196. The van der Waals surface area contributed by atoms with Gasteiger partial charge in [-0.25, -0.2) is 8.42 Å². The Bertz CT molecular complexity index is 1710. The molecular formula is C28H23ClF6N4O2S2. The highest BCUT2D eigenvalue weighted by atomic mass is 35.5. The van der Waals surface area contributed by atoms with Crippen LogP contribution in [0.15, 0.2) is 65.6 Å². The summed E-state index contributed by atoms with van der Waals surface area (Å²) in [6.07, 6.45) is -6.89. The average Bonchev–Trinajstić information content (AvgIpc) is 2.94. The van der Waals surface area contributed by atoms with Crippen molar-refractivity contribution in [3.05, 3.63) is 87.9 Å². The van der Waals surface area contributed by atoms with Gasteiger partial charge in [0.05, 0.1) is 40.0 Å². The number of nitrogens with zero attached hydrogens (tertiary/aromatic N) is 3. The van der Waals surface area contributed by atoms with Crippen LogP contribution in [-0.2, 0) is 22.4 Å². The number of hydrogen-bond acceptors (Lipinski definition) is 4. The Labute approximate surface area is 254 Å². The van der Waals surface area contributed by atoms with Gasteiger partial charge >= 0.3 is 12.4 Å². The third-order valence-corrected chi connectivity index (χ3v) is 9.66. The van der Waals surface area contributed by atoms with E-state index in [1.165, 1.54) is 30.4 Å². The van der Waals surface area contributed by atoms with Crippen molar-refractivity contribution in [2.75, 3.05) is 35.4 Å². The first-order valence-electron chi connectivity index (χ1n) is 12.8. The number of anilines is 2. The Balaban J connectivity index is 1.61. The van der Waals surface area contributed by atoms with Crippen LogP contribution in [0.5, 0.6) is 0 Å². The van der Waals surface area contributed by atoms with Crippen molar-refractivity contribution < 1.29 is 34.8 Å². The second-order valence-corrected chi connectivity index (χ2v) is 12.7. The first-order chi connectivity index (χ1) is 20.1. The van der Waals surface area contributed by atoms with Gasteiger partial charge in [0.15, 0.2) is 5.11 Å². The third-order valence-electron chi connectivity index (χ3n) is 7.30. The molecule has 0 spiro atoms. The lowest BCUT2D eigenvalue weighted by atomic mass is 10.0. The van der Waals surface area contributed by atoms with E-state index in [0.29, 0.717) is 30.4 Å². The predicted octanol–water partition coefficient (Wildman–Crippen LogP) is 6.49. The maximum absolute atomic E-state index is 13.9. The SMILES string of the molecule is NC(=S)N1CCN2c3ccc(/C=C/c4c(Cl)cccc4C(F)(F)F)cc3N(S(=O)(=O)c3cccc(C(F)(F)F)c3)C[C@@H]2C1. The number of fused-ring (bicyclic) bond motifs is 3. The van der Waals surface area contributed by atoms with Gasteiger partial charge in [-0.15, -0.1) is 0 Å². The molecule has 2 aliphatic heterocycles. The van der Waals surface area contributed by atoms with E-state index in [-0.39, 0.29) is 34.5 Å². The molecule has 1 saturated heterocycles. The second kappa shape index (κ2) is 11.2. The van der Waals surface area contributed by atoms with Gasteiger partial charge in [0, 0.05) is 30.2 Å². The standard InChI is InChI=1S/C28H23ClF6N4O2S2/c29-23-6-2-5-22(28(33,34)35)21(23)9-7-17-8-10-24-25(13-17)39(16-19-15-37(26(36)42)11-12-38(19)24)43(40,41)20-4-1-3-18(14-20)27(30,31)32/h1-10,13-14,19H,11-12,15-16H2,(H2,36,42)/b9-7+/t19-/m0/s1. The van der Waals surface area contributed by atoms with Crippen molar-refractivity contribution in [1.29, 1.82) is 0 Å². The number of alkyl halides is 6. The number of benzene rings is 3. The topological polar surface area (TPSA) is 69.9 Å². The summed E-state index contributed by atoms with van der Waals surface area (Å²) in [5, 5.41) is 0.00679. The van der Waals surface area contributed by atoms with E-state index in [2.05, 4.69) is 0 Å². The van der Waals surface area contributed by atoms with E-state index < -0.39 is 44.4 Å². The van der Waals surface area contributed by atoms with E-state index >= 15 is 0 Å². The summed E-state index contributed by atoms with van der Waals surface area (Å²) in [4.78, 5) is 3.12. The highest BCUT2D eigenvalue weighted by Gasteiger charge is 2.41. The van der Waals surface area contributed by atoms with Crippen LogP contribution in [0.4, 0.5) is 37.7 Å². The minimum atomic E-state index is -4.77. The summed E-state index contributed by atoms with van der Waals surface area (Å²) >= 11 is 11.2. The highest BCUT2D eigenvalue weighted by Crippen LogP contribution is 2.42. The predicted molar refractivity (Wildman–Crippen MR) is 157 cm³/mol. The summed E-state index contributed by atoms with van der Waals surface area (Å²) in [5.74, 6) is 0. The van der Waals surface area contributed by atoms with Crippen LogP contribution in [0.25, 0.3) is 12.2 Å². The Hall–Kier alpha value is -3.49. The molecule has 2 N–H and O–H groups in total. The van der Waals surface area contributed by atoms with Gasteiger partial charge in [0.2, 0.25) is 0 Å². The van der Waals surface area contributed by atoms with E-state index in [1.54, 1.807) is 17.0 Å². The molecule has 1 atom stereocenters. The average molecular weight is 661 g/mol. The first kappa shape index (κ1) is 31.0. The molecule has 2 heterocycles. The fourth-order valence-electron chi connectivity index (χ4n) is 5.23. The summed E-state index contributed by atoms with van der Waals surface area (Å²) < 4.78 is 110. The molecule has 0 unspecified atom stereocenters. The van der Waals surface area contributed by atoms with E-state index in [1.807, 2.05) is 4.90 Å². The lowest BCUT2D eigenvalue weighted by Gasteiger charge is -2.49. The molecule has 3 aromatic rings. The number of hydrogen-bond donors (Lipinski definition) is 1. The minimum Gasteiger partial charge on any atom is -0.376 e.